The van der Waals surface area contributed by atoms with Crippen LogP contribution in [-0.4, -0.2) is 43.1 Å². The topological polar surface area (TPSA) is 72.5 Å². The molecule has 0 aliphatic carbocycles. The van der Waals surface area contributed by atoms with E-state index in [1.807, 2.05) is 33.7 Å². The van der Waals surface area contributed by atoms with Crippen molar-refractivity contribution < 1.29 is 4.79 Å². The Balaban J connectivity index is 1.44. The van der Waals surface area contributed by atoms with Gasteiger partial charge in [-0.15, -0.1) is 10.2 Å². The second kappa shape index (κ2) is 7.11. The van der Waals surface area contributed by atoms with Crippen molar-refractivity contribution in [3.63, 3.8) is 0 Å². The van der Waals surface area contributed by atoms with Crippen molar-refractivity contribution in [2.24, 2.45) is 0 Å². The second-order valence-corrected chi connectivity index (χ2v) is 6.65. The van der Waals surface area contributed by atoms with Crippen LogP contribution in [-0.2, 0) is 11.3 Å². The van der Waals surface area contributed by atoms with Crippen molar-refractivity contribution in [1.82, 2.24) is 24.1 Å². The van der Waals surface area contributed by atoms with Gasteiger partial charge in [-0.1, -0.05) is 12.1 Å². The maximum Gasteiger partial charge on any atom is 0.250 e. The maximum absolute atomic E-state index is 12.6. The van der Waals surface area contributed by atoms with Gasteiger partial charge in [-0.05, 0) is 31.0 Å². The predicted molar refractivity (Wildman–Crippen MR) is 96.9 cm³/mol. The maximum atomic E-state index is 12.6. The highest BCUT2D eigenvalue weighted by Crippen LogP contribution is 2.26. The number of amides is 1. The first-order valence-corrected chi connectivity index (χ1v) is 8.95. The van der Waals surface area contributed by atoms with Gasteiger partial charge < -0.3 is 9.47 Å². The highest BCUT2D eigenvalue weighted by molar-refractivity contribution is 5.76. The number of hydrogen-bond donors (Lipinski definition) is 0. The molecule has 134 valence electrons. The first-order chi connectivity index (χ1) is 12.7. The summed E-state index contributed by atoms with van der Waals surface area (Å²) in [6.07, 6.45) is 5.96. The molecule has 4 rings (SSSR count). The number of rotatable bonds is 4. The molecule has 1 unspecified atom stereocenters. The monoisotopic (exact) mass is 351 g/mol. The van der Waals surface area contributed by atoms with Gasteiger partial charge in [-0.25, -0.2) is 0 Å². The van der Waals surface area contributed by atoms with Gasteiger partial charge in [-0.3, -0.25) is 14.0 Å². The smallest absolute Gasteiger partial charge is 0.250 e. The van der Waals surface area contributed by atoms with E-state index < -0.39 is 0 Å². The number of piperidine rings is 1. The number of aryl methyl sites for hydroxylation is 1. The number of likely N-dealkylation sites (tertiary alicyclic amines) is 1. The van der Waals surface area contributed by atoms with E-state index in [-0.39, 0.29) is 17.4 Å². The van der Waals surface area contributed by atoms with Crippen LogP contribution in [0.3, 0.4) is 0 Å². The van der Waals surface area contributed by atoms with Crippen molar-refractivity contribution in [2.45, 2.75) is 31.7 Å². The summed E-state index contributed by atoms with van der Waals surface area (Å²) < 4.78 is 3.58. The first-order valence-electron chi connectivity index (χ1n) is 8.95. The lowest BCUT2D eigenvalue weighted by Crippen LogP contribution is -2.40. The minimum Gasteiger partial charge on any atom is -0.342 e. The van der Waals surface area contributed by atoms with Gasteiger partial charge in [0.2, 0.25) is 5.91 Å². The summed E-state index contributed by atoms with van der Waals surface area (Å²) in [6.45, 7) is 1.82. The number of carbonyl (C=O) groups is 1. The molecule has 3 aromatic heterocycles. The molecule has 26 heavy (non-hydrogen) atoms. The van der Waals surface area contributed by atoms with Crippen LogP contribution in [0.5, 0.6) is 0 Å². The lowest BCUT2D eigenvalue weighted by molar-refractivity contribution is -0.132. The molecule has 1 saturated heterocycles. The standard InChI is InChI=1S/C19H21N5O2/c25-17-8-2-3-10-22(17)13-9-18(26)23-11-5-6-15(14-23)19-21-20-16-7-1-4-12-24(16)19/h1-4,7-8,10,12,15H,5-6,9,11,13-14H2. The minimum atomic E-state index is -0.0771. The van der Waals surface area contributed by atoms with Gasteiger partial charge in [-0.2, -0.15) is 0 Å². The lowest BCUT2D eigenvalue weighted by atomic mass is 9.97. The van der Waals surface area contributed by atoms with E-state index in [4.69, 9.17) is 0 Å². The molecule has 1 aliphatic rings. The molecule has 0 spiro atoms. The molecule has 1 fully saturated rings. The van der Waals surface area contributed by atoms with Gasteiger partial charge in [0.05, 0.1) is 0 Å². The number of hydrogen-bond acceptors (Lipinski definition) is 4. The minimum absolute atomic E-state index is 0.0771. The quantitative estimate of drug-likeness (QED) is 0.717. The molecule has 1 amide bonds. The summed E-state index contributed by atoms with van der Waals surface area (Å²) in [5.41, 5.74) is 0.751. The van der Waals surface area contributed by atoms with E-state index in [1.54, 1.807) is 22.9 Å². The molecule has 1 aliphatic heterocycles. The molecular weight excluding hydrogens is 330 g/mol. The number of carbonyl (C=O) groups excluding carboxylic acids is 1. The van der Waals surface area contributed by atoms with E-state index in [0.717, 1.165) is 30.9 Å². The average molecular weight is 351 g/mol. The van der Waals surface area contributed by atoms with Crippen molar-refractivity contribution in [3.05, 3.63) is 65.0 Å². The molecule has 0 N–H and O–H groups in total. The third-order valence-corrected chi connectivity index (χ3v) is 4.94. The molecule has 4 heterocycles. The Morgan fingerprint density at radius 2 is 1.96 bits per heavy atom. The summed E-state index contributed by atoms with van der Waals surface area (Å²) >= 11 is 0. The summed E-state index contributed by atoms with van der Waals surface area (Å²) in [4.78, 5) is 26.3. The third-order valence-electron chi connectivity index (χ3n) is 4.94. The first kappa shape index (κ1) is 16.5. The van der Waals surface area contributed by atoms with Crippen LogP contribution in [0.1, 0.15) is 31.0 Å². The normalized spacial score (nSPS) is 17.5. The van der Waals surface area contributed by atoms with E-state index >= 15 is 0 Å². The van der Waals surface area contributed by atoms with Gasteiger partial charge in [0.1, 0.15) is 5.82 Å². The van der Waals surface area contributed by atoms with Gasteiger partial charge in [0, 0.05) is 50.4 Å². The molecule has 1 atom stereocenters. The van der Waals surface area contributed by atoms with Crippen LogP contribution < -0.4 is 5.56 Å². The Morgan fingerprint density at radius 3 is 2.85 bits per heavy atom. The summed E-state index contributed by atoms with van der Waals surface area (Å²) in [7, 11) is 0. The fourth-order valence-corrected chi connectivity index (χ4v) is 3.57. The fourth-order valence-electron chi connectivity index (χ4n) is 3.57. The van der Waals surface area contributed by atoms with Crippen LogP contribution in [0.2, 0.25) is 0 Å². The SMILES string of the molecule is O=C(CCn1ccccc1=O)N1CCCC(c2nnc3ccccn23)C1. The van der Waals surface area contributed by atoms with E-state index in [0.29, 0.717) is 19.5 Å². The largest absolute Gasteiger partial charge is 0.342 e. The van der Waals surface area contributed by atoms with Crippen molar-refractivity contribution in [1.29, 1.82) is 0 Å². The Hall–Kier alpha value is -2.96. The van der Waals surface area contributed by atoms with Crippen molar-refractivity contribution >= 4 is 11.6 Å². The Labute approximate surface area is 150 Å². The molecule has 3 aromatic rings. The predicted octanol–water partition coefficient (Wildman–Crippen LogP) is 1.69. The van der Waals surface area contributed by atoms with E-state index in [9.17, 15) is 9.59 Å². The van der Waals surface area contributed by atoms with Crippen LogP contribution >= 0.6 is 0 Å². The average Bonchev–Trinajstić information content (AvgIpc) is 3.11. The van der Waals surface area contributed by atoms with Crippen LogP contribution in [0.25, 0.3) is 5.65 Å². The lowest BCUT2D eigenvalue weighted by Gasteiger charge is -2.32. The van der Waals surface area contributed by atoms with Gasteiger partial charge in [0.25, 0.3) is 5.56 Å². The van der Waals surface area contributed by atoms with Crippen molar-refractivity contribution in [2.75, 3.05) is 13.1 Å². The number of pyridine rings is 2. The molecule has 7 heteroatoms. The summed E-state index contributed by atoms with van der Waals surface area (Å²) in [5, 5.41) is 8.57. The number of fused-ring (bicyclic) bond motifs is 1. The van der Waals surface area contributed by atoms with Crippen LogP contribution in [0, 0.1) is 0 Å². The summed E-state index contributed by atoms with van der Waals surface area (Å²) in [5.74, 6) is 1.18. The van der Waals surface area contributed by atoms with E-state index in [2.05, 4.69) is 10.2 Å². The molecule has 7 nitrogen and oxygen atoms in total. The fraction of sp³-hybridized carbons (Fsp3) is 0.368. The Kier molecular flexibility index (Phi) is 4.51. The molecular formula is C19H21N5O2. The Morgan fingerprint density at radius 1 is 1.12 bits per heavy atom. The summed E-state index contributed by atoms with van der Waals surface area (Å²) in [6, 6.07) is 10.9. The third kappa shape index (κ3) is 3.24. The molecule has 0 saturated carbocycles. The number of nitrogens with zero attached hydrogens (tertiary/aromatic N) is 5. The highest BCUT2D eigenvalue weighted by atomic mass is 16.2. The van der Waals surface area contributed by atoms with Crippen LogP contribution in [0.15, 0.2) is 53.6 Å². The zero-order valence-corrected chi connectivity index (χ0v) is 14.5. The van der Waals surface area contributed by atoms with Gasteiger partial charge >= 0.3 is 0 Å². The number of aromatic nitrogens is 4. The van der Waals surface area contributed by atoms with Crippen molar-refractivity contribution in [3.8, 4) is 0 Å². The molecule has 0 aromatic carbocycles. The zero-order valence-electron chi connectivity index (χ0n) is 14.5. The van der Waals surface area contributed by atoms with Crippen LogP contribution in [0.4, 0.5) is 0 Å². The second-order valence-electron chi connectivity index (χ2n) is 6.65. The molecule has 0 bridgehead atoms. The van der Waals surface area contributed by atoms with E-state index in [1.165, 1.54) is 6.07 Å². The zero-order chi connectivity index (χ0) is 17.9. The van der Waals surface area contributed by atoms with Gasteiger partial charge in [0.15, 0.2) is 5.65 Å². The highest BCUT2D eigenvalue weighted by Gasteiger charge is 2.27. The molecule has 0 radical (unpaired) electrons. The Bertz CT molecular complexity index is 977.